The molecule has 2 rings (SSSR count). The van der Waals surface area contributed by atoms with Crippen molar-refractivity contribution < 1.29 is 9.53 Å². The van der Waals surface area contributed by atoms with Gasteiger partial charge >= 0.3 is 5.97 Å². The highest BCUT2D eigenvalue weighted by Crippen LogP contribution is 2.35. The first-order valence-electron chi connectivity index (χ1n) is 6.03. The van der Waals surface area contributed by atoms with Gasteiger partial charge in [0.05, 0.1) is 7.11 Å². The quantitative estimate of drug-likeness (QED) is 0.728. The van der Waals surface area contributed by atoms with Gasteiger partial charge in [-0.15, -0.1) is 11.3 Å². The van der Waals surface area contributed by atoms with Crippen LogP contribution in [0.4, 0.5) is 0 Å². The molecular formula is C13H19NO2S. The minimum Gasteiger partial charge on any atom is -0.468 e. The summed E-state index contributed by atoms with van der Waals surface area (Å²) in [6.07, 6.45) is 3.32. The van der Waals surface area contributed by atoms with Gasteiger partial charge in [-0.1, -0.05) is 6.07 Å². The van der Waals surface area contributed by atoms with Crippen LogP contribution in [0.2, 0.25) is 0 Å². The number of rotatable bonds is 6. The molecule has 1 aliphatic rings. The summed E-state index contributed by atoms with van der Waals surface area (Å²) < 4.78 is 4.89. The summed E-state index contributed by atoms with van der Waals surface area (Å²) in [5.41, 5.74) is 0. The predicted octanol–water partition coefficient (Wildman–Crippen LogP) is 2.17. The van der Waals surface area contributed by atoms with Crippen LogP contribution in [0.3, 0.4) is 0 Å². The molecule has 3 nitrogen and oxygen atoms in total. The molecule has 0 saturated heterocycles. The Morgan fingerprint density at radius 2 is 2.41 bits per heavy atom. The topological polar surface area (TPSA) is 29.5 Å². The zero-order chi connectivity index (χ0) is 12.3. The zero-order valence-electron chi connectivity index (χ0n) is 10.4. The molecule has 1 aromatic heterocycles. The fraction of sp³-hybridized carbons (Fsp3) is 0.615. The number of hydrogen-bond donors (Lipinski definition) is 0. The molecule has 1 heterocycles. The van der Waals surface area contributed by atoms with Crippen LogP contribution in [0.15, 0.2) is 17.5 Å². The van der Waals surface area contributed by atoms with E-state index in [2.05, 4.69) is 22.4 Å². The number of nitrogens with zero attached hydrogens (tertiary/aromatic N) is 1. The van der Waals surface area contributed by atoms with Crippen LogP contribution in [0.25, 0.3) is 0 Å². The minimum atomic E-state index is -0.0822. The summed E-state index contributed by atoms with van der Waals surface area (Å²) >= 11 is 1.77. The monoisotopic (exact) mass is 253 g/mol. The lowest BCUT2D eigenvalue weighted by molar-refractivity contribution is -0.147. The van der Waals surface area contributed by atoms with E-state index in [4.69, 9.17) is 4.74 Å². The average molecular weight is 253 g/mol. The number of likely N-dealkylation sites (N-methyl/N-ethyl adjacent to an activating group) is 1. The van der Waals surface area contributed by atoms with Crippen LogP contribution in [0, 0.1) is 5.92 Å². The van der Waals surface area contributed by atoms with Gasteiger partial charge in [-0.2, -0.15) is 0 Å². The lowest BCUT2D eigenvalue weighted by atomic mass is 10.1. The van der Waals surface area contributed by atoms with Gasteiger partial charge in [0.2, 0.25) is 0 Å². The van der Waals surface area contributed by atoms with Gasteiger partial charge in [-0.3, -0.25) is 9.69 Å². The Bertz CT molecular complexity index is 360. The Morgan fingerprint density at radius 3 is 2.94 bits per heavy atom. The van der Waals surface area contributed by atoms with Crippen molar-refractivity contribution in [3.05, 3.63) is 22.4 Å². The largest absolute Gasteiger partial charge is 0.468 e. The van der Waals surface area contributed by atoms with E-state index in [9.17, 15) is 4.79 Å². The Balaban J connectivity index is 1.87. The Morgan fingerprint density at radius 1 is 1.65 bits per heavy atom. The number of esters is 1. The number of methoxy groups -OCH3 is 1. The van der Waals surface area contributed by atoms with Crippen LogP contribution in [0.5, 0.6) is 0 Å². The van der Waals surface area contributed by atoms with E-state index in [-0.39, 0.29) is 12.0 Å². The van der Waals surface area contributed by atoms with Crippen molar-refractivity contribution in [1.29, 1.82) is 0 Å². The summed E-state index contributed by atoms with van der Waals surface area (Å²) in [6.45, 7) is 0.913. The van der Waals surface area contributed by atoms with E-state index in [1.807, 2.05) is 7.05 Å². The van der Waals surface area contributed by atoms with Gasteiger partial charge in [0, 0.05) is 11.4 Å². The van der Waals surface area contributed by atoms with Crippen molar-refractivity contribution in [2.45, 2.75) is 25.3 Å². The molecule has 4 heteroatoms. The second-order valence-electron chi connectivity index (χ2n) is 4.62. The van der Waals surface area contributed by atoms with Gasteiger partial charge < -0.3 is 4.74 Å². The number of carbonyl (C=O) groups is 1. The lowest BCUT2D eigenvalue weighted by Crippen LogP contribution is -2.42. The molecule has 1 unspecified atom stereocenters. The Hall–Kier alpha value is -0.870. The van der Waals surface area contributed by atoms with Gasteiger partial charge in [0.1, 0.15) is 6.04 Å². The third kappa shape index (κ3) is 3.30. The highest BCUT2D eigenvalue weighted by Gasteiger charge is 2.39. The fourth-order valence-electron chi connectivity index (χ4n) is 2.15. The Labute approximate surface area is 106 Å². The zero-order valence-corrected chi connectivity index (χ0v) is 11.2. The molecule has 1 aliphatic carbocycles. The van der Waals surface area contributed by atoms with Crippen LogP contribution in [-0.4, -0.2) is 37.6 Å². The molecule has 0 amide bonds. The van der Waals surface area contributed by atoms with Crippen LogP contribution in [-0.2, 0) is 16.0 Å². The van der Waals surface area contributed by atoms with Gasteiger partial charge in [0.25, 0.3) is 0 Å². The van der Waals surface area contributed by atoms with Crippen LogP contribution >= 0.6 is 11.3 Å². The van der Waals surface area contributed by atoms with Crippen molar-refractivity contribution in [3.63, 3.8) is 0 Å². The first kappa shape index (κ1) is 12.6. The molecular weight excluding hydrogens is 234 g/mol. The second-order valence-corrected chi connectivity index (χ2v) is 5.65. The smallest absolute Gasteiger partial charge is 0.323 e. The SMILES string of the molecule is COC(=O)C(C1CC1)N(C)CCc1cccs1. The molecule has 0 radical (unpaired) electrons. The number of hydrogen-bond acceptors (Lipinski definition) is 4. The maximum Gasteiger partial charge on any atom is 0.323 e. The third-order valence-corrected chi connectivity index (χ3v) is 4.21. The van der Waals surface area contributed by atoms with Crippen molar-refractivity contribution in [3.8, 4) is 0 Å². The van der Waals surface area contributed by atoms with E-state index in [1.54, 1.807) is 11.3 Å². The summed E-state index contributed by atoms with van der Waals surface area (Å²) in [5, 5.41) is 2.09. The standard InChI is InChI=1S/C13H19NO2S/c1-14(8-7-11-4-3-9-17-11)12(10-5-6-10)13(15)16-2/h3-4,9-10,12H,5-8H2,1-2H3. The van der Waals surface area contributed by atoms with Crippen molar-refractivity contribution in [2.75, 3.05) is 20.7 Å². The predicted molar refractivity (Wildman–Crippen MR) is 69.2 cm³/mol. The summed E-state index contributed by atoms with van der Waals surface area (Å²) in [6, 6.07) is 4.17. The first-order valence-corrected chi connectivity index (χ1v) is 6.91. The molecule has 0 aliphatic heterocycles. The third-order valence-electron chi connectivity index (χ3n) is 3.28. The van der Waals surface area contributed by atoms with Crippen molar-refractivity contribution in [1.82, 2.24) is 4.90 Å². The van der Waals surface area contributed by atoms with Crippen LogP contribution < -0.4 is 0 Å². The summed E-state index contributed by atoms with van der Waals surface area (Å²) in [5.74, 6) is 0.428. The van der Waals surface area contributed by atoms with Crippen molar-refractivity contribution in [2.24, 2.45) is 5.92 Å². The molecule has 1 saturated carbocycles. The summed E-state index contributed by atoms with van der Waals surface area (Å²) in [4.78, 5) is 15.2. The molecule has 0 spiro atoms. The van der Waals surface area contributed by atoms with E-state index in [1.165, 1.54) is 12.0 Å². The van der Waals surface area contributed by atoms with E-state index < -0.39 is 0 Å². The number of carbonyl (C=O) groups excluding carboxylic acids is 1. The van der Waals surface area contributed by atoms with Gasteiger partial charge in [-0.25, -0.2) is 0 Å². The molecule has 17 heavy (non-hydrogen) atoms. The molecule has 94 valence electrons. The average Bonchev–Trinajstić information content (AvgIpc) is 3.02. The van der Waals surface area contributed by atoms with Crippen LogP contribution in [0.1, 0.15) is 17.7 Å². The minimum absolute atomic E-state index is 0.0417. The van der Waals surface area contributed by atoms with E-state index in [0.29, 0.717) is 5.92 Å². The molecule has 0 aromatic carbocycles. The second kappa shape index (κ2) is 5.65. The Kier molecular flexibility index (Phi) is 4.18. The lowest BCUT2D eigenvalue weighted by Gasteiger charge is -2.25. The number of ether oxygens (including phenoxy) is 1. The van der Waals surface area contributed by atoms with Gasteiger partial charge in [-0.05, 0) is 43.7 Å². The normalized spacial score (nSPS) is 17.1. The molecule has 1 fully saturated rings. The molecule has 1 aromatic rings. The maximum atomic E-state index is 11.7. The summed E-state index contributed by atoms with van der Waals surface area (Å²) in [7, 11) is 3.50. The van der Waals surface area contributed by atoms with Gasteiger partial charge in [0.15, 0.2) is 0 Å². The highest BCUT2D eigenvalue weighted by molar-refractivity contribution is 7.09. The van der Waals surface area contributed by atoms with E-state index in [0.717, 1.165) is 25.8 Å². The molecule has 1 atom stereocenters. The highest BCUT2D eigenvalue weighted by atomic mass is 32.1. The molecule has 0 bridgehead atoms. The molecule has 0 N–H and O–H groups in total. The fourth-order valence-corrected chi connectivity index (χ4v) is 2.84. The maximum absolute atomic E-state index is 11.7. The van der Waals surface area contributed by atoms with Crippen molar-refractivity contribution >= 4 is 17.3 Å². The number of thiophene rings is 1. The van der Waals surface area contributed by atoms with E-state index >= 15 is 0 Å². The first-order chi connectivity index (χ1) is 8.22.